The summed E-state index contributed by atoms with van der Waals surface area (Å²) in [6.07, 6.45) is 5.32. The van der Waals surface area contributed by atoms with Gasteiger partial charge in [0.1, 0.15) is 0 Å². The monoisotopic (exact) mass is 326 g/mol. The molecule has 5 heteroatoms. The van der Waals surface area contributed by atoms with Crippen LogP contribution in [0.1, 0.15) is 37.8 Å². The van der Waals surface area contributed by atoms with Gasteiger partial charge in [0.15, 0.2) is 0 Å². The molecule has 1 aliphatic heterocycles. The maximum atomic E-state index is 12.3. The number of likely N-dealkylation sites (tertiary alicyclic amines) is 1. The number of fused-ring (bicyclic) bond motifs is 1. The van der Waals surface area contributed by atoms with Crippen LogP contribution in [0.3, 0.4) is 0 Å². The first-order chi connectivity index (χ1) is 11.6. The molecule has 1 aromatic carbocycles. The minimum atomic E-state index is -0.228. The molecule has 1 saturated heterocycles. The van der Waals surface area contributed by atoms with E-state index in [-0.39, 0.29) is 48.6 Å². The summed E-state index contributed by atoms with van der Waals surface area (Å²) in [6, 6.07) is 9.59. The molecule has 3 atom stereocenters. The highest BCUT2D eigenvalue weighted by molar-refractivity contribution is 6.05. The maximum Gasteiger partial charge on any atom is 0.233 e. The van der Waals surface area contributed by atoms with Gasteiger partial charge in [-0.25, -0.2) is 0 Å². The van der Waals surface area contributed by atoms with Gasteiger partial charge in [-0.05, 0) is 25.3 Å². The number of carbonyl (C=O) groups excluding carboxylic acids is 3. The first-order valence-corrected chi connectivity index (χ1v) is 8.42. The van der Waals surface area contributed by atoms with Crippen molar-refractivity contribution in [3.05, 3.63) is 48.0 Å². The summed E-state index contributed by atoms with van der Waals surface area (Å²) in [4.78, 5) is 38.1. The lowest BCUT2D eigenvalue weighted by Gasteiger charge is -2.17. The van der Waals surface area contributed by atoms with Crippen molar-refractivity contribution in [1.82, 2.24) is 10.2 Å². The second kappa shape index (κ2) is 6.99. The molecule has 0 saturated carbocycles. The molecule has 1 aromatic rings. The van der Waals surface area contributed by atoms with Gasteiger partial charge in [-0.1, -0.05) is 42.5 Å². The summed E-state index contributed by atoms with van der Waals surface area (Å²) < 4.78 is 0. The van der Waals surface area contributed by atoms with Crippen molar-refractivity contribution in [1.29, 1.82) is 0 Å². The van der Waals surface area contributed by atoms with E-state index >= 15 is 0 Å². The predicted molar refractivity (Wildman–Crippen MR) is 89.7 cm³/mol. The van der Waals surface area contributed by atoms with Gasteiger partial charge >= 0.3 is 0 Å². The predicted octanol–water partition coefficient (Wildman–Crippen LogP) is 2.21. The topological polar surface area (TPSA) is 66.5 Å². The molecule has 1 aliphatic carbocycles. The Labute approximate surface area is 141 Å². The zero-order valence-electron chi connectivity index (χ0n) is 13.8. The molecule has 1 heterocycles. The number of hydrogen-bond donors (Lipinski definition) is 1. The largest absolute Gasteiger partial charge is 0.350 e. The highest BCUT2D eigenvalue weighted by Gasteiger charge is 2.46. The highest BCUT2D eigenvalue weighted by atomic mass is 16.2. The van der Waals surface area contributed by atoms with Crippen molar-refractivity contribution in [2.45, 2.75) is 32.2 Å². The summed E-state index contributed by atoms with van der Waals surface area (Å²) in [5, 5.41) is 2.91. The van der Waals surface area contributed by atoms with Gasteiger partial charge < -0.3 is 5.32 Å². The second-order valence-corrected chi connectivity index (χ2v) is 6.43. The Hall–Kier alpha value is -2.43. The molecular formula is C19H22N2O3. The lowest BCUT2D eigenvalue weighted by atomic mass is 9.85. The molecule has 0 radical (unpaired) electrons. The summed E-state index contributed by atoms with van der Waals surface area (Å²) in [5.41, 5.74) is 1.02. The maximum absolute atomic E-state index is 12.3. The summed E-state index contributed by atoms with van der Waals surface area (Å²) >= 11 is 0. The molecule has 1 fully saturated rings. The smallest absolute Gasteiger partial charge is 0.233 e. The van der Waals surface area contributed by atoms with Crippen LogP contribution in [0.2, 0.25) is 0 Å². The Bertz CT molecular complexity index is 642. The number of nitrogens with zero attached hydrogens (tertiary/aromatic N) is 1. The van der Waals surface area contributed by atoms with E-state index in [1.165, 1.54) is 4.90 Å². The van der Waals surface area contributed by atoms with E-state index < -0.39 is 0 Å². The van der Waals surface area contributed by atoms with E-state index in [0.29, 0.717) is 12.8 Å². The summed E-state index contributed by atoms with van der Waals surface area (Å²) in [6.45, 7) is 2.08. The fourth-order valence-electron chi connectivity index (χ4n) is 3.44. The van der Waals surface area contributed by atoms with Crippen molar-refractivity contribution in [2.75, 3.05) is 6.54 Å². The highest BCUT2D eigenvalue weighted by Crippen LogP contribution is 2.34. The molecule has 2 aliphatic rings. The van der Waals surface area contributed by atoms with Gasteiger partial charge in [0.2, 0.25) is 17.7 Å². The van der Waals surface area contributed by atoms with Gasteiger partial charge in [0, 0.05) is 13.0 Å². The van der Waals surface area contributed by atoms with Crippen molar-refractivity contribution < 1.29 is 14.4 Å². The van der Waals surface area contributed by atoms with Crippen LogP contribution in [0.4, 0.5) is 0 Å². The number of carbonyl (C=O) groups is 3. The lowest BCUT2D eigenvalue weighted by Crippen LogP contribution is -2.36. The third-order valence-corrected chi connectivity index (χ3v) is 4.84. The van der Waals surface area contributed by atoms with Gasteiger partial charge in [0.05, 0.1) is 17.9 Å². The second-order valence-electron chi connectivity index (χ2n) is 6.43. The van der Waals surface area contributed by atoms with Crippen LogP contribution in [0.25, 0.3) is 0 Å². The minimum Gasteiger partial charge on any atom is -0.350 e. The Morgan fingerprint density at radius 3 is 2.29 bits per heavy atom. The zero-order chi connectivity index (χ0) is 17.1. The number of allylic oxidation sites excluding steroid dienone is 2. The fourth-order valence-corrected chi connectivity index (χ4v) is 3.44. The van der Waals surface area contributed by atoms with Gasteiger partial charge in [0.25, 0.3) is 0 Å². The number of nitrogens with one attached hydrogen (secondary N) is 1. The van der Waals surface area contributed by atoms with Crippen LogP contribution in [0.5, 0.6) is 0 Å². The number of rotatable bonds is 5. The number of imide groups is 1. The summed E-state index contributed by atoms with van der Waals surface area (Å²) in [5.74, 6) is -0.862. The van der Waals surface area contributed by atoms with Crippen LogP contribution in [0.15, 0.2) is 42.5 Å². The van der Waals surface area contributed by atoms with Gasteiger partial charge in [-0.15, -0.1) is 0 Å². The molecule has 0 bridgehead atoms. The lowest BCUT2D eigenvalue weighted by molar-refractivity contribution is -0.140. The molecule has 5 nitrogen and oxygen atoms in total. The fraction of sp³-hybridized carbons (Fsp3) is 0.421. The molecule has 126 valence electrons. The van der Waals surface area contributed by atoms with Gasteiger partial charge in [-0.2, -0.15) is 0 Å². The average molecular weight is 326 g/mol. The number of benzene rings is 1. The summed E-state index contributed by atoms with van der Waals surface area (Å²) in [7, 11) is 0. The van der Waals surface area contributed by atoms with Gasteiger partial charge in [-0.3, -0.25) is 19.3 Å². The first-order valence-electron chi connectivity index (χ1n) is 8.42. The van der Waals surface area contributed by atoms with Crippen LogP contribution >= 0.6 is 0 Å². The molecule has 0 spiro atoms. The molecular weight excluding hydrogens is 304 g/mol. The van der Waals surface area contributed by atoms with Crippen LogP contribution < -0.4 is 5.32 Å². The van der Waals surface area contributed by atoms with Crippen LogP contribution in [0, 0.1) is 11.8 Å². The van der Waals surface area contributed by atoms with Crippen LogP contribution in [-0.2, 0) is 14.4 Å². The molecule has 24 heavy (non-hydrogen) atoms. The molecule has 3 rings (SSSR count). The zero-order valence-corrected chi connectivity index (χ0v) is 13.8. The third kappa shape index (κ3) is 3.25. The molecule has 1 unspecified atom stereocenters. The SMILES string of the molecule is CC(NC(=O)CCN1C(=O)[C@H]2CC=CC[C@H]2C1=O)c1ccccc1. The van der Waals surface area contributed by atoms with E-state index in [1.807, 2.05) is 49.4 Å². The molecule has 1 N–H and O–H groups in total. The average Bonchev–Trinajstić information content (AvgIpc) is 2.85. The number of hydrogen-bond acceptors (Lipinski definition) is 3. The third-order valence-electron chi connectivity index (χ3n) is 4.84. The Balaban J connectivity index is 1.53. The first kappa shape index (κ1) is 16.4. The van der Waals surface area contributed by atoms with Crippen molar-refractivity contribution in [3.63, 3.8) is 0 Å². The van der Waals surface area contributed by atoms with Crippen molar-refractivity contribution in [3.8, 4) is 0 Å². The van der Waals surface area contributed by atoms with E-state index in [9.17, 15) is 14.4 Å². The van der Waals surface area contributed by atoms with Crippen molar-refractivity contribution >= 4 is 17.7 Å². The molecule has 0 aromatic heterocycles. The Morgan fingerprint density at radius 2 is 1.71 bits per heavy atom. The standard InChI is InChI=1S/C19H22N2O3/c1-13(14-7-3-2-4-8-14)20-17(22)11-12-21-18(23)15-9-5-6-10-16(15)19(21)24/h2-8,13,15-16H,9-12H2,1H3,(H,20,22)/t13?,15-,16+. The Kier molecular flexibility index (Phi) is 4.79. The van der Waals surface area contributed by atoms with E-state index in [4.69, 9.17) is 0 Å². The van der Waals surface area contributed by atoms with Crippen LogP contribution in [-0.4, -0.2) is 29.2 Å². The molecule has 3 amide bonds. The Morgan fingerprint density at radius 1 is 1.12 bits per heavy atom. The van der Waals surface area contributed by atoms with E-state index in [2.05, 4.69) is 5.32 Å². The quantitative estimate of drug-likeness (QED) is 0.666. The number of amides is 3. The van der Waals surface area contributed by atoms with E-state index in [0.717, 1.165) is 5.56 Å². The van der Waals surface area contributed by atoms with E-state index in [1.54, 1.807) is 0 Å². The normalized spacial score (nSPS) is 24.0. The van der Waals surface area contributed by atoms with Crippen molar-refractivity contribution in [2.24, 2.45) is 11.8 Å². The minimum absolute atomic E-state index is 0.101.